The Kier molecular flexibility index (Phi) is 4.14. The number of rotatable bonds is 5. The molecular formula is C14H16BrNO3. The van der Waals surface area contributed by atoms with E-state index in [1.54, 1.807) is 17.4 Å². The van der Waals surface area contributed by atoms with E-state index in [4.69, 9.17) is 8.83 Å². The summed E-state index contributed by atoms with van der Waals surface area (Å²) in [6.45, 7) is 4.49. The highest BCUT2D eigenvalue weighted by Crippen LogP contribution is 2.22. The highest BCUT2D eigenvalue weighted by molar-refractivity contribution is 9.10. The molecule has 0 unspecified atom stereocenters. The molecule has 0 aromatic carbocycles. The zero-order chi connectivity index (χ0) is 13.9. The van der Waals surface area contributed by atoms with Crippen molar-refractivity contribution in [1.29, 1.82) is 0 Å². The molecule has 2 aromatic heterocycles. The Labute approximate surface area is 120 Å². The summed E-state index contributed by atoms with van der Waals surface area (Å²) in [6.07, 6.45) is 3.20. The third-order valence-electron chi connectivity index (χ3n) is 2.65. The van der Waals surface area contributed by atoms with E-state index in [1.165, 1.54) is 0 Å². The number of halogens is 1. The topological polar surface area (TPSA) is 46.6 Å². The fraction of sp³-hybridized carbons (Fsp3) is 0.357. The molecule has 0 fully saturated rings. The van der Waals surface area contributed by atoms with Crippen molar-refractivity contribution in [3.63, 3.8) is 0 Å². The molecule has 0 N–H and O–H groups in total. The summed E-state index contributed by atoms with van der Waals surface area (Å²) in [6, 6.07) is 7.32. The van der Waals surface area contributed by atoms with Crippen molar-refractivity contribution in [2.24, 2.45) is 0 Å². The Morgan fingerprint density at radius 2 is 1.63 bits per heavy atom. The van der Waals surface area contributed by atoms with Gasteiger partial charge in [-0.25, -0.2) is 0 Å². The van der Waals surface area contributed by atoms with Crippen LogP contribution in [0.25, 0.3) is 0 Å². The average molecular weight is 326 g/mol. The van der Waals surface area contributed by atoms with Crippen LogP contribution in [0.2, 0.25) is 0 Å². The maximum Gasteiger partial charge on any atom is 0.239 e. The third-order valence-corrected chi connectivity index (χ3v) is 2.99. The average Bonchev–Trinajstić information content (AvgIpc) is 2.98. The van der Waals surface area contributed by atoms with Gasteiger partial charge in [0.1, 0.15) is 11.5 Å². The molecule has 0 saturated carbocycles. The first-order valence-corrected chi connectivity index (χ1v) is 6.79. The number of hydrogen-bond acceptors (Lipinski definition) is 3. The number of carbonyl (C=O) groups is 1. The fourth-order valence-corrected chi connectivity index (χ4v) is 2.01. The molecule has 2 rings (SSSR count). The Hall–Kier alpha value is -1.49. The highest BCUT2D eigenvalue weighted by Gasteiger charge is 2.30. The zero-order valence-corrected chi connectivity index (χ0v) is 12.5. The lowest BCUT2D eigenvalue weighted by atomic mass is 10.1. The Morgan fingerprint density at radius 3 is 1.95 bits per heavy atom. The van der Waals surface area contributed by atoms with Gasteiger partial charge in [0.05, 0.1) is 29.9 Å². The van der Waals surface area contributed by atoms with E-state index in [9.17, 15) is 4.79 Å². The number of hydrogen-bond donors (Lipinski definition) is 0. The zero-order valence-electron chi connectivity index (χ0n) is 10.9. The minimum absolute atomic E-state index is 0.0136. The van der Waals surface area contributed by atoms with Crippen molar-refractivity contribution in [2.45, 2.75) is 31.3 Å². The van der Waals surface area contributed by atoms with Crippen LogP contribution in [-0.2, 0) is 17.9 Å². The first kappa shape index (κ1) is 13.9. The van der Waals surface area contributed by atoms with Crippen LogP contribution >= 0.6 is 15.9 Å². The summed E-state index contributed by atoms with van der Waals surface area (Å²) in [5.74, 6) is 1.48. The normalized spacial score (nSPS) is 11.5. The van der Waals surface area contributed by atoms with Crippen LogP contribution in [0.4, 0.5) is 0 Å². The molecule has 0 aliphatic rings. The van der Waals surface area contributed by atoms with Crippen molar-refractivity contribution in [3.05, 3.63) is 48.3 Å². The molecule has 2 heterocycles. The maximum absolute atomic E-state index is 12.4. The Balaban J connectivity index is 2.15. The third kappa shape index (κ3) is 3.73. The van der Waals surface area contributed by atoms with E-state index < -0.39 is 4.32 Å². The van der Waals surface area contributed by atoms with Crippen molar-refractivity contribution in [2.75, 3.05) is 0 Å². The molecule has 0 radical (unpaired) electrons. The van der Waals surface area contributed by atoms with E-state index >= 15 is 0 Å². The van der Waals surface area contributed by atoms with Gasteiger partial charge in [-0.3, -0.25) is 4.79 Å². The standard InChI is InChI=1S/C14H16BrNO3/c1-14(2,15)13(17)16(9-11-5-3-7-18-11)10-12-6-4-8-19-12/h3-8H,9-10H2,1-2H3. The predicted molar refractivity (Wildman–Crippen MR) is 74.7 cm³/mol. The minimum atomic E-state index is -0.619. The Morgan fingerprint density at radius 1 is 1.16 bits per heavy atom. The van der Waals surface area contributed by atoms with E-state index in [0.29, 0.717) is 13.1 Å². The van der Waals surface area contributed by atoms with Gasteiger partial charge in [0.25, 0.3) is 0 Å². The summed E-state index contributed by atoms with van der Waals surface area (Å²) < 4.78 is 9.99. The van der Waals surface area contributed by atoms with Crippen LogP contribution in [0.3, 0.4) is 0 Å². The minimum Gasteiger partial charge on any atom is -0.467 e. The molecule has 19 heavy (non-hydrogen) atoms. The summed E-state index contributed by atoms with van der Waals surface area (Å²) >= 11 is 3.40. The lowest BCUT2D eigenvalue weighted by Gasteiger charge is -2.27. The van der Waals surface area contributed by atoms with E-state index in [2.05, 4.69) is 15.9 Å². The van der Waals surface area contributed by atoms with Crippen molar-refractivity contribution in [1.82, 2.24) is 4.90 Å². The second-order valence-corrected chi connectivity index (χ2v) is 6.77. The molecule has 0 spiro atoms. The van der Waals surface area contributed by atoms with Gasteiger partial charge < -0.3 is 13.7 Å². The number of amides is 1. The molecule has 0 bridgehead atoms. The smallest absolute Gasteiger partial charge is 0.239 e. The van der Waals surface area contributed by atoms with Gasteiger partial charge in [0, 0.05) is 0 Å². The van der Waals surface area contributed by atoms with Gasteiger partial charge in [-0.2, -0.15) is 0 Å². The first-order chi connectivity index (χ1) is 8.97. The molecule has 2 aromatic rings. The number of alkyl halides is 1. The van der Waals surface area contributed by atoms with Crippen LogP contribution in [0.1, 0.15) is 25.4 Å². The van der Waals surface area contributed by atoms with Gasteiger partial charge in [-0.15, -0.1) is 0 Å². The molecule has 102 valence electrons. The van der Waals surface area contributed by atoms with E-state index in [-0.39, 0.29) is 5.91 Å². The predicted octanol–water partition coefficient (Wildman–Crippen LogP) is 3.57. The molecular weight excluding hydrogens is 310 g/mol. The largest absolute Gasteiger partial charge is 0.467 e. The second-order valence-electron chi connectivity index (χ2n) is 4.79. The lowest BCUT2D eigenvalue weighted by Crippen LogP contribution is -2.40. The summed E-state index contributed by atoms with van der Waals surface area (Å²) in [5.41, 5.74) is 0. The van der Waals surface area contributed by atoms with Crippen LogP contribution < -0.4 is 0 Å². The van der Waals surface area contributed by atoms with Gasteiger partial charge in [0.15, 0.2) is 0 Å². The molecule has 0 aliphatic carbocycles. The highest BCUT2D eigenvalue weighted by atomic mass is 79.9. The van der Waals surface area contributed by atoms with Gasteiger partial charge in [0.2, 0.25) is 5.91 Å². The van der Waals surface area contributed by atoms with Gasteiger partial charge in [-0.05, 0) is 38.1 Å². The lowest BCUT2D eigenvalue weighted by molar-refractivity contribution is -0.134. The Bertz CT molecular complexity index is 475. The monoisotopic (exact) mass is 325 g/mol. The summed E-state index contributed by atoms with van der Waals surface area (Å²) in [7, 11) is 0. The molecule has 1 amide bonds. The van der Waals surface area contributed by atoms with Gasteiger partial charge in [-0.1, -0.05) is 15.9 Å². The quantitative estimate of drug-likeness (QED) is 0.789. The first-order valence-electron chi connectivity index (χ1n) is 6.00. The molecule has 0 atom stereocenters. The maximum atomic E-state index is 12.4. The summed E-state index contributed by atoms with van der Waals surface area (Å²) in [4.78, 5) is 14.1. The SMILES string of the molecule is CC(C)(Br)C(=O)N(Cc1ccco1)Cc1ccco1. The van der Waals surface area contributed by atoms with Crippen LogP contribution in [0.5, 0.6) is 0 Å². The number of nitrogens with zero attached hydrogens (tertiary/aromatic N) is 1. The van der Waals surface area contributed by atoms with E-state index in [0.717, 1.165) is 11.5 Å². The molecule has 0 aliphatic heterocycles. The van der Waals surface area contributed by atoms with Crippen molar-refractivity contribution in [3.8, 4) is 0 Å². The number of furan rings is 2. The molecule has 4 nitrogen and oxygen atoms in total. The van der Waals surface area contributed by atoms with Crippen LogP contribution in [-0.4, -0.2) is 15.1 Å². The van der Waals surface area contributed by atoms with Gasteiger partial charge >= 0.3 is 0 Å². The summed E-state index contributed by atoms with van der Waals surface area (Å²) in [5, 5.41) is 0. The molecule has 5 heteroatoms. The van der Waals surface area contributed by atoms with Crippen LogP contribution in [0.15, 0.2) is 45.6 Å². The van der Waals surface area contributed by atoms with Crippen molar-refractivity contribution >= 4 is 21.8 Å². The van der Waals surface area contributed by atoms with E-state index in [1.807, 2.05) is 38.1 Å². The molecule has 0 saturated heterocycles. The van der Waals surface area contributed by atoms with Crippen molar-refractivity contribution < 1.29 is 13.6 Å². The number of carbonyl (C=O) groups excluding carboxylic acids is 1. The fourth-order valence-electron chi connectivity index (χ4n) is 1.76. The van der Waals surface area contributed by atoms with Crippen LogP contribution in [0, 0.1) is 0 Å². The second kappa shape index (κ2) is 5.65.